The summed E-state index contributed by atoms with van der Waals surface area (Å²) in [4.78, 5) is 23.3. The fourth-order valence-corrected chi connectivity index (χ4v) is 1.56. The van der Waals surface area contributed by atoms with Gasteiger partial charge in [-0.25, -0.2) is 0 Å². The topological polar surface area (TPSA) is 95.7 Å². The molecule has 6 nitrogen and oxygen atoms in total. The molecule has 1 heterocycles. The second-order valence-electron chi connectivity index (χ2n) is 3.31. The Kier molecular flexibility index (Phi) is 3.84. The molecule has 14 heavy (non-hydrogen) atoms. The van der Waals surface area contributed by atoms with E-state index in [0.717, 1.165) is 13.1 Å². The number of hydrogen-bond acceptors (Lipinski definition) is 4. The van der Waals surface area contributed by atoms with Crippen LogP contribution in [-0.2, 0) is 9.59 Å². The monoisotopic (exact) mass is 201 g/mol. The van der Waals surface area contributed by atoms with Crippen LogP contribution < -0.4 is 11.1 Å². The highest BCUT2D eigenvalue weighted by atomic mass is 16.4. The van der Waals surface area contributed by atoms with E-state index in [4.69, 9.17) is 10.8 Å². The first-order chi connectivity index (χ1) is 6.61. The quantitative estimate of drug-likeness (QED) is 0.500. The lowest BCUT2D eigenvalue weighted by molar-refractivity contribution is -0.145. The summed E-state index contributed by atoms with van der Waals surface area (Å²) in [6, 6.07) is -0.769. The van der Waals surface area contributed by atoms with Crippen molar-refractivity contribution in [1.82, 2.24) is 10.2 Å². The minimum atomic E-state index is -0.981. The van der Waals surface area contributed by atoms with Crippen LogP contribution >= 0.6 is 0 Å². The highest BCUT2D eigenvalue weighted by Crippen LogP contribution is 2.05. The number of nitrogens with one attached hydrogen (secondary N) is 1. The van der Waals surface area contributed by atoms with Gasteiger partial charge in [-0.3, -0.25) is 14.5 Å². The Bertz CT molecular complexity index is 226. The van der Waals surface area contributed by atoms with Gasteiger partial charge in [-0.15, -0.1) is 0 Å². The third kappa shape index (κ3) is 2.97. The second-order valence-corrected chi connectivity index (χ2v) is 3.31. The highest BCUT2D eigenvalue weighted by Gasteiger charge is 2.27. The number of nitrogens with zero attached hydrogens (tertiary/aromatic N) is 1. The molecule has 1 fully saturated rings. The van der Waals surface area contributed by atoms with E-state index < -0.39 is 17.9 Å². The zero-order valence-electron chi connectivity index (χ0n) is 7.90. The third-order valence-corrected chi connectivity index (χ3v) is 2.27. The van der Waals surface area contributed by atoms with Gasteiger partial charge in [0.05, 0.1) is 6.42 Å². The minimum Gasteiger partial charge on any atom is -0.480 e. The predicted octanol–water partition coefficient (Wildman–Crippen LogP) is -1.78. The second kappa shape index (κ2) is 4.92. The molecule has 4 N–H and O–H groups in total. The molecule has 0 saturated carbocycles. The lowest BCUT2D eigenvalue weighted by atomic mass is 10.1. The predicted molar refractivity (Wildman–Crippen MR) is 49.7 cm³/mol. The number of carboxylic acid groups (broad SMARTS) is 1. The number of carbonyl (C=O) groups excluding carboxylic acids is 1. The fourth-order valence-electron chi connectivity index (χ4n) is 1.56. The molecule has 0 bridgehead atoms. The first kappa shape index (κ1) is 10.9. The number of amides is 1. The van der Waals surface area contributed by atoms with Gasteiger partial charge in [-0.2, -0.15) is 0 Å². The Morgan fingerprint density at radius 3 is 2.43 bits per heavy atom. The van der Waals surface area contributed by atoms with E-state index in [1.807, 2.05) is 0 Å². The molecule has 0 aromatic heterocycles. The molecule has 1 amide bonds. The number of piperazine rings is 1. The summed E-state index contributed by atoms with van der Waals surface area (Å²) in [6.45, 7) is 2.79. The van der Waals surface area contributed by atoms with Crippen LogP contribution in [0, 0.1) is 0 Å². The van der Waals surface area contributed by atoms with Crippen LogP contribution in [0.25, 0.3) is 0 Å². The van der Waals surface area contributed by atoms with Crippen molar-refractivity contribution in [2.45, 2.75) is 12.5 Å². The summed E-state index contributed by atoms with van der Waals surface area (Å²) in [5, 5.41) is 12.0. The van der Waals surface area contributed by atoms with Crippen LogP contribution in [0.5, 0.6) is 0 Å². The molecule has 0 aromatic carbocycles. The van der Waals surface area contributed by atoms with Gasteiger partial charge in [0, 0.05) is 26.2 Å². The van der Waals surface area contributed by atoms with Crippen LogP contribution in [0.3, 0.4) is 0 Å². The average molecular weight is 201 g/mol. The molecule has 1 rings (SSSR count). The van der Waals surface area contributed by atoms with Gasteiger partial charge >= 0.3 is 5.97 Å². The number of carboxylic acids is 1. The number of nitrogens with two attached hydrogens (primary N) is 1. The van der Waals surface area contributed by atoms with Crippen molar-refractivity contribution in [3.8, 4) is 0 Å². The van der Waals surface area contributed by atoms with Crippen molar-refractivity contribution in [3.63, 3.8) is 0 Å². The number of hydrogen-bond donors (Lipinski definition) is 3. The third-order valence-electron chi connectivity index (χ3n) is 2.27. The Morgan fingerprint density at radius 1 is 1.43 bits per heavy atom. The van der Waals surface area contributed by atoms with Gasteiger partial charge < -0.3 is 16.2 Å². The van der Waals surface area contributed by atoms with Crippen LogP contribution in [0.1, 0.15) is 6.42 Å². The van der Waals surface area contributed by atoms with E-state index in [2.05, 4.69) is 5.32 Å². The highest BCUT2D eigenvalue weighted by molar-refractivity contribution is 5.83. The lowest BCUT2D eigenvalue weighted by Crippen LogP contribution is -2.52. The molecule has 80 valence electrons. The zero-order valence-corrected chi connectivity index (χ0v) is 7.90. The van der Waals surface area contributed by atoms with Crippen molar-refractivity contribution in [2.24, 2.45) is 5.73 Å². The Hall–Kier alpha value is -1.14. The van der Waals surface area contributed by atoms with Gasteiger partial charge in [0.25, 0.3) is 0 Å². The van der Waals surface area contributed by atoms with Crippen molar-refractivity contribution in [3.05, 3.63) is 0 Å². The molecule has 0 radical (unpaired) electrons. The van der Waals surface area contributed by atoms with Gasteiger partial charge in [-0.05, 0) is 0 Å². The molecule has 1 aliphatic heterocycles. The molecule has 6 heteroatoms. The summed E-state index contributed by atoms with van der Waals surface area (Å²) in [5.41, 5.74) is 4.99. The molecule has 1 atom stereocenters. The van der Waals surface area contributed by atoms with E-state index in [1.165, 1.54) is 0 Å². The van der Waals surface area contributed by atoms with E-state index in [0.29, 0.717) is 13.1 Å². The smallest absolute Gasteiger partial charge is 0.321 e. The Labute approximate surface area is 82.1 Å². The number of rotatable bonds is 4. The molecule has 1 saturated heterocycles. The summed E-state index contributed by atoms with van der Waals surface area (Å²) >= 11 is 0. The van der Waals surface area contributed by atoms with Gasteiger partial charge in [-0.1, -0.05) is 0 Å². The number of primary amides is 1. The summed E-state index contributed by atoms with van der Waals surface area (Å²) in [7, 11) is 0. The Morgan fingerprint density at radius 2 is 2.00 bits per heavy atom. The number of aliphatic carboxylic acids is 1. The van der Waals surface area contributed by atoms with Crippen LogP contribution in [0.2, 0.25) is 0 Å². The van der Waals surface area contributed by atoms with Gasteiger partial charge in [0.2, 0.25) is 5.91 Å². The summed E-state index contributed by atoms with van der Waals surface area (Å²) < 4.78 is 0. The standard InChI is InChI=1S/C8H15N3O3/c9-7(12)5-6(8(13)14)11-3-1-10-2-4-11/h6,10H,1-5H2,(H2,9,12)(H,13,14). The van der Waals surface area contributed by atoms with Crippen molar-refractivity contribution in [2.75, 3.05) is 26.2 Å². The first-order valence-corrected chi connectivity index (χ1v) is 4.57. The summed E-state index contributed by atoms with van der Waals surface area (Å²) in [6.07, 6.45) is -0.116. The molecule has 0 aromatic rings. The van der Waals surface area contributed by atoms with Crippen LogP contribution in [0.4, 0.5) is 0 Å². The largest absolute Gasteiger partial charge is 0.480 e. The van der Waals surface area contributed by atoms with Crippen LogP contribution in [-0.4, -0.2) is 54.1 Å². The normalized spacial score (nSPS) is 20.3. The molecule has 0 spiro atoms. The number of carbonyl (C=O) groups is 2. The van der Waals surface area contributed by atoms with Crippen molar-refractivity contribution in [1.29, 1.82) is 0 Å². The maximum Gasteiger partial charge on any atom is 0.321 e. The molecular weight excluding hydrogens is 186 g/mol. The van der Waals surface area contributed by atoms with Crippen molar-refractivity contribution >= 4 is 11.9 Å². The lowest BCUT2D eigenvalue weighted by Gasteiger charge is -2.31. The average Bonchev–Trinajstić information content (AvgIpc) is 2.15. The van der Waals surface area contributed by atoms with E-state index in [9.17, 15) is 9.59 Å². The maximum absolute atomic E-state index is 10.9. The zero-order chi connectivity index (χ0) is 10.6. The molecule has 1 aliphatic rings. The SMILES string of the molecule is NC(=O)CC(C(=O)O)N1CCNCC1. The maximum atomic E-state index is 10.9. The van der Waals surface area contributed by atoms with Crippen LogP contribution in [0.15, 0.2) is 0 Å². The molecule has 1 unspecified atom stereocenters. The fraction of sp³-hybridized carbons (Fsp3) is 0.750. The van der Waals surface area contributed by atoms with E-state index in [1.54, 1.807) is 4.90 Å². The Balaban J connectivity index is 2.56. The molecular formula is C8H15N3O3. The van der Waals surface area contributed by atoms with E-state index in [-0.39, 0.29) is 6.42 Å². The summed E-state index contributed by atoms with van der Waals surface area (Å²) in [5.74, 6) is -1.55. The first-order valence-electron chi connectivity index (χ1n) is 4.57. The van der Waals surface area contributed by atoms with E-state index >= 15 is 0 Å². The molecule has 0 aliphatic carbocycles. The minimum absolute atomic E-state index is 0.116. The van der Waals surface area contributed by atoms with Gasteiger partial charge in [0.15, 0.2) is 0 Å². The van der Waals surface area contributed by atoms with Gasteiger partial charge in [0.1, 0.15) is 6.04 Å². The van der Waals surface area contributed by atoms with Crippen molar-refractivity contribution < 1.29 is 14.7 Å².